The Bertz CT molecular complexity index is 699. The molecule has 5 heteroatoms. The topological polar surface area (TPSA) is 63.4 Å². The summed E-state index contributed by atoms with van der Waals surface area (Å²) in [5, 5.41) is 0. The Morgan fingerprint density at radius 2 is 1.62 bits per heavy atom. The van der Waals surface area contributed by atoms with Crippen LogP contribution < -0.4 is 5.73 Å². The van der Waals surface area contributed by atoms with Gasteiger partial charge < -0.3 is 5.73 Å². The minimum absolute atomic E-state index is 0.251. The van der Waals surface area contributed by atoms with Gasteiger partial charge in [-0.05, 0) is 18.6 Å². The molecule has 4 nitrogen and oxygen atoms in total. The van der Waals surface area contributed by atoms with Gasteiger partial charge in [-0.25, -0.2) is 8.42 Å². The van der Waals surface area contributed by atoms with E-state index >= 15 is 0 Å². The quantitative estimate of drug-likeness (QED) is 0.922. The Hall–Kier alpha value is -1.69. The van der Waals surface area contributed by atoms with E-state index in [-0.39, 0.29) is 12.6 Å². The maximum Gasteiger partial charge on any atom is 0.243 e. The lowest BCUT2D eigenvalue weighted by Crippen LogP contribution is -2.39. The van der Waals surface area contributed by atoms with Crippen LogP contribution in [0.5, 0.6) is 0 Å². The van der Waals surface area contributed by atoms with Gasteiger partial charge in [0.15, 0.2) is 0 Å². The lowest BCUT2D eigenvalue weighted by Gasteiger charge is -2.24. The van der Waals surface area contributed by atoms with Crippen molar-refractivity contribution < 1.29 is 8.42 Å². The van der Waals surface area contributed by atoms with E-state index in [9.17, 15) is 8.42 Å². The van der Waals surface area contributed by atoms with Crippen molar-refractivity contribution in [2.75, 3.05) is 13.6 Å². The standard InChI is InChI=1S/C16H20N2O2S/c1-13(12-17)18(2)21(19,20)16-11-7-6-10-15(16)14-8-4-3-5-9-14/h3-11,13H,12,17H2,1-2H3. The molecule has 0 aromatic heterocycles. The zero-order valence-electron chi connectivity index (χ0n) is 12.2. The molecule has 1 atom stereocenters. The molecule has 0 saturated heterocycles. The third-order valence-electron chi connectivity index (χ3n) is 3.59. The highest BCUT2D eigenvalue weighted by Crippen LogP contribution is 2.29. The highest BCUT2D eigenvalue weighted by molar-refractivity contribution is 7.89. The van der Waals surface area contributed by atoms with Gasteiger partial charge in [-0.2, -0.15) is 4.31 Å². The normalized spacial score (nSPS) is 13.3. The molecule has 0 heterocycles. The second kappa shape index (κ2) is 6.39. The van der Waals surface area contributed by atoms with Gasteiger partial charge in [0.25, 0.3) is 0 Å². The Labute approximate surface area is 126 Å². The van der Waals surface area contributed by atoms with Crippen molar-refractivity contribution in [3.63, 3.8) is 0 Å². The van der Waals surface area contributed by atoms with Gasteiger partial charge in [0.2, 0.25) is 10.0 Å². The fourth-order valence-corrected chi connectivity index (χ4v) is 3.67. The second-order valence-corrected chi connectivity index (χ2v) is 6.93. The molecule has 0 fully saturated rings. The van der Waals surface area contributed by atoms with E-state index in [4.69, 9.17) is 5.73 Å². The monoisotopic (exact) mass is 304 g/mol. The smallest absolute Gasteiger partial charge is 0.243 e. The Kier molecular flexibility index (Phi) is 4.77. The van der Waals surface area contributed by atoms with Crippen LogP contribution in [0, 0.1) is 0 Å². The zero-order valence-corrected chi connectivity index (χ0v) is 13.0. The Morgan fingerprint density at radius 3 is 2.24 bits per heavy atom. The molecule has 0 radical (unpaired) electrons. The summed E-state index contributed by atoms with van der Waals surface area (Å²) in [4.78, 5) is 0.305. The van der Waals surface area contributed by atoms with Crippen molar-refractivity contribution in [3.8, 4) is 11.1 Å². The summed E-state index contributed by atoms with van der Waals surface area (Å²) in [6, 6.07) is 16.3. The van der Waals surface area contributed by atoms with E-state index in [1.165, 1.54) is 4.31 Å². The van der Waals surface area contributed by atoms with Crippen LogP contribution in [0.25, 0.3) is 11.1 Å². The molecule has 112 valence electrons. The van der Waals surface area contributed by atoms with Crippen LogP contribution in [-0.2, 0) is 10.0 Å². The van der Waals surface area contributed by atoms with Crippen LogP contribution in [-0.4, -0.2) is 32.4 Å². The minimum Gasteiger partial charge on any atom is -0.329 e. The molecule has 0 spiro atoms. The molecule has 2 rings (SSSR count). The molecule has 0 aliphatic rings. The maximum atomic E-state index is 12.8. The van der Waals surface area contributed by atoms with Gasteiger partial charge in [-0.1, -0.05) is 48.5 Å². The molecule has 2 aromatic carbocycles. The van der Waals surface area contributed by atoms with Crippen LogP contribution in [0.1, 0.15) is 6.92 Å². The molecular formula is C16H20N2O2S. The van der Waals surface area contributed by atoms with Crippen molar-refractivity contribution >= 4 is 10.0 Å². The molecule has 0 amide bonds. The summed E-state index contributed by atoms with van der Waals surface area (Å²) in [5.74, 6) is 0. The first-order chi connectivity index (χ1) is 9.98. The van der Waals surface area contributed by atoms with Gasteiger partial charge in [0.05, 0.1) is 4.90 Å². The number of hydrogen-bond donors (Lipinski definition) is 1. The van der Waals surface area contributed by atoms with Crippen LogP contribution >= 0.6 is 0 Å². The highest BCUT2D eigenvalue weighted by atomic mass is 32.2. The summed E-state index contributed by atoms with van der Waals surface area (Å²) >= 11 is 0. The lowest BCUT2D eigenvalue weighted by molar-refractivity contribution is 0.394. The lowest BCUT2D eigenvalue weighted by atomic mass is 10.1. The molecule has 0 aliphatic carbocycles. The Morgan fingerprint density at radius 1 is 1.05 bits per heavy atom. The van der Waals surface area contributed by atoms with E-state index in [0.717, 1.165) is 5.56 Å². The van der Waals surface area contributed by atoms with Crippen LogP contribution in [0.3, 0.4) is 0 Å². The van der Waals surface area contributed by atoms with Crippen molar-refractivity contribution in [1.29, 1.82) is 0 Å². The number of sulfonamides is 1. The average molecular weight is 304 g/mol. The van der Waals surface area contributed by atoms with Crippen molar-refractivity contribution in [1.82, 2.24) is 4.31 Å². The van der Waals surface area contributed by atoms with Gasteiger partial charge in [-0.15, -0.1) is 0 Å². The van der Waals surface area contributed by atoms with Crippen LogP contribution in [0.4, 0.5) is 0 Å². The number of likely N-dealkylation sites (N-methyl/N-ethyl adjacent to an activating group) is 1. The molecule has 2 N–H and O–H groups in total. The second-order valence-electron chi connectivity index (χ2n) is 4.97. The molecule has 1 unspecified atom stereocenters. The van der Waals surface area contributed by atoms with E-state index in [2.05, 4.69) is 0 Å². The summed E-state index contributed by atoms with van der Waals surface area (Å²) in [6.45, 7) is 2.08. The first-order valence-electron chi connectivity index (χ1n) is 6.81. The van der Waals surface area contributed by atoms with E-state index in [0.29, 0.717) is 10.5 Å². The molecular weight excluding hydrogens is 284 g/mol. The molecule has 2 aromatic rings. The summed E-state index contributed by atoms with van der Waals surface area (Å²) < 4.78 is 26.9. The van der Waals surface area contributed by atoms with Crippen LogP contribution in [0.2, 0.25) is 0 Å². The fraction of sp³-hybridized carbons (Fsp3) is 0.250. The highest BCUT2D eigenvalue weighted by Gasteiger charge is 2.27. The van der Waals surface area contributed by atoms with Crippen molar-refractivity contribution in [2.45, 2.75) is 17.9 Å². The van der Waals surface area contributed by atoms with E-state index in [1.54, 1.807) is 26.1 Å². The SMILES string of the molecule is CC(CN)N(C)S(=O)(=O)c1ccccc1-c1ccccc1. The van der Waals surface area contributed by atoms with Gasteiger partial charge in [-0.3, -0.25) is 0 Å². The third-order valence-corrected chi connectivity index (χ3v) is 5.62. The van der Waals surface area contributed by atoms with Crippen molar-refractivity contribution in [3.05, 3.63) is 54.6 Å². The third kappa shape index (κ3) is 3.15. The van der Waals surface area contributed by atoms with Gasteiger partial charge in [0.1, 0.15) is 0 Å². The maximum absolute atomic E-state index is 12.8. The molecule has 0 aliphatic heterocycles. The van der Waals surface area contributed by atoms with E-state index < -0.39 is 10.0 Å². The number of nitrogens with two attached hydrogens (primary N) is 1. The Balaban J connectivity index is 2.55. The largest absolute Gasteiger partial charge is 0.329 e. The number of benzene rings is 2. The molecule has 0 saturated carbocycles. The fourth-order valence-electron chi connectivity index (χ4n) is 2.09. The molecule has 21 heavy (non-hydrogen) atoms. The average Bonchev–Trinajstić information content (AvgIpc) is 2.54. The summed E-state index contributed by atoms with van der Waals surface area (Å²) in [6.07, 6.45) is 0. The number of nitrogens with zero attached hydrogens (tertiary/aromatic N) is 1. The van der Waals surface area contributed by atoms with Crippen molar-refractivity contribution in [2.24, 2.45) is 5.73 Å². The summed E-state index contributed by atoms with van der Waals surface area (Å²) in [7, 11) is -2.01. The van der Waals surface area contributed by atoms with Gasteiger partial charge >= 0.3 is 0 Å². The molecule has 0 bridgehead atoms. The first-order valence-corrected chi connectivity index (χ1v) is 8.25. The number of hydrogen-bond acceptors (Lipinski definition) is 3. The minimum atomic E-state index is -3.58. The zero-order chi connectivity index (χ0) is 15.5. The predicted molar refractivity (Wildman–Crippen MR) is 85.3 cm³/mol. The van der Waals surface area contributed by atoms with E-state index in [1.807, 2.05) is 42.5 Å². The van der Waals surface area contributed by atoms with Gasteiger partial charge in [0, 0.05) is 25.2 Å². The first kappa shape index (κ1) is 15.7. The number of rotatable bonds is 5. The predicted octanol–water partition coefficient (Wildman–Crippen LogP) is 2.32. The summed E-state index contributed by atoms with van der Waals surface area (Å²) in [5.41, 5.74) is 7.17. The van der Waals surface area contributed by atoms with Crippen LogP contribution in [0.15, 0.2) is 59.5 Å².